The number of aliphatic carboxylic acids is 1. The number of piperidine rings is 1. The highest BCUT2D eigenvalue weighted by Gasteiger charge is 2.30. The van der Waals surface area contributed by atoms with E-state index < -0.39 is 5.97 Å². The Bertz CT molecular complexity index is 402. The second-order valence-electron chi connectivity index (χ2n) is 5.82. The van der Waals surface area contributed by atoms with E-state index >= 15 is 0 Å². The largest absolute Gasteiger partial charge is 0.481 e. The number of rotatable bonds is 5. The molecule has 19 heavy (non-hydrogen) atoms. The van der Waals surface area contributed by atoms with Gasteiger partial charge in [0.2, 0.25) is 0 Å². The number of hydrogen-bond acceptors (Lipinski definition) is 3. The topological polar surface area (TPSA) is 40.5 Å². The standard InChI is InChI=1S/C15H23NO2S/c1-11(2)14(8-12-5-7-19-10-12)16-6-3-4-13(9-16)15(17)18/h5,7,10-11,13-14H,3-4,6,8-9H2,1-2H3,(H,17,18). The predicted molar refractivity (Wildman–Crippen MR) is 78.6 cm³/mol. The lowest BCUT2D eigenvalue weighted by molar-refractivity contribution is -0.144. The van der Waals surface area contributed by atoms with Gasteiger partial charge in [0.25, 0.3) is 0 Å². The molecule has 1 saturated heterocycles. The van der Waals surface area contributed by atoms with E-state index in [9.17, 15) is 9.90 Å². The molecule has 2 heterocycles. The fourth-order valence-electron chi connectivity index (χ4n) is 2.95. The first-order valence-electron chi connectivity index (χ1n) is 7.06. The maximum atomic E-state index is 11.2. The SMILES string of the molecule is CC(C)C(Cc1ccsc1)N1CCCC(C(=O)O)C1. The van der Waals surface area contributed by atoms with Gasteiger partial charge in [0, 0.05) is 12.6 Å². The lowest BCUT2D eigenvalue weighted by Gasteiger charge is -2.39. The number of carboxylic acids is 1. The molecule has 0 amide bonds. The lowest BCUT2D eigenvalue weighted by atomic mass is 9.91. The molecule has 2 rings (SSSR count). The molecule has 4 heteroatoms. The zero-order valence-corrected chi connectivity index (χ0v) is 12.5. The van der Waals surface area contributed by atoms with Gasteiger partial charge in [0.05, 0.1) is 5.92 Å². The molecule has 1 aromatic rings. The summed E-state index contributed by atoms with van der Waals surface area (Å²) in [7, 11) is 0. The van der Waals surface area contributed by atoms with Gasteiger partial charge in [-0.3, -0.25) is 9.69 Å². The number of carboxylic acid groups (broad SMARTS) is 1. The summed E-state index contributed by atoms with van der Waals surface area (Å²) in [5.74, 6) is -0.271. The number of carbonyl (C=O) groups is 1. The van der Waals surface area contributed by atoms with Gasteiger partial charge in [0.15, 0.2) is 0 Å². The Morgan fingerprint density at radius 1 is 1.58 bits per heavy atom. The Hall–Kier alpha value is -0.870. The Labute approximate surface area is 119 Å². The summed E-state index contributed by atoms with van der Waals surface area (Å²) in [5.41, 5.74) is 1.38. The van der Waals surface area contributed by atoms with Crippen LogP contribution in [0.2, 0.25) is 0 Å². The number of likely N-dealkylation sites (tertiary alicyclic amines) is 1. The summed E-state index contributed by atoms with van der Waals surface area (Å²) in [5, 5.41) is 13.5. The van der Waals surface area contributed by atoms with E-state index in [1.54, 1.807) is 11.3 Å². The quantitative estimate of drug-likeness (QED) is 0.901. The van der Waals surface area contributed by atoms with E-state index in [0.29, 0.717) is 18.5 Å². The van der Waals surface area contributed by atoms with Crippen LogP contribution in [0.4, 0.5) is 0 Å². The van der Waals surface area contributed by atoms with Crippen LogP contribution in [0.15, 0.2) is 16.8 Å². The van der Waals surface area contributed by atoms with Gasteiger partial charge in [-0.25, -0.2) is 0 Å². The van der Waals surface area contributed by atoms with Gasteiger partial charge in [0.1, 0.15) is 0 Å². The van der Waals surface area contributed by atoms with Crippen LogP contribution in [0.25, 0.3) is 0 Å². The summed E-state index contributed by atoms with van der Waals surface area (Å²) in [6, 6.07) is 2.63. The molecule has 2 atom stereocenters. The van der Waals surface area contributed by atoms with Crippen molar-refractivity contribution < 1.29 is 9.90 Å². The Morgan fingerprint density at radius 2 is 2.37 bits per heavy atom. The molecule has 1 aliphatic heterocycles. The van der Waals surface area contributed by atoms with Gasteiger partial charge in [-0.1, -0.05) is 13.8 Å². The van der Waals surface area contributed by atoms with Crippen LogP contribution in [0.5, 0.6) is 0 Å². The molecule has 3 nitrogen and oxygen atoms in total. The predicted octanol–water partition coefficient (Wildman–Crippen LogP) is 3.11. The molecule has 0 aliphatic carbocycles. The van der Waals surface area contributed by atoms with Crippen LogP contribution in [0.1, 0.15) is 32.3 Å². The molecule has 1 aliphatic rings. The normalized spacial score (nSPS) is 22.6. The molecular formula is C15H23NO2S. The molecule has 2 unspecified atom stereocenters. The van der Waals surface area contributed by atoms with Crippen LogP contribution in [0, 0.1) is 11.8 Å². The van der Waals surface area contributed by atoms with Gasteiger partial charge in [-0.2, -0.15) is 11.3 Å². The maximum absolute atomic E-state index is 11.2. The average Bonchev–Trinajstić information content (AvgIpc) is 2.88. The van der Waals surface area contributed by atoms with Crippen molar-refractivity contribution in [3.8, 4) is 0 Å². The van der Waals surface area contributed by atoms with Gasteiger partial charge in [-0.15, -0.1) is 0 Å². The summed E-state index contributed by atoms with van der Waals surface area (Å²) in [4.78, 5) is 13.6. The first-order valence-corrected chi connectivity index (χ1v) is 8.00. The summed E-state index contributed by atoms with van der Waals surface area (Å²) in [6.07, 6.45) is 2.87. The first-order chi connectivity index (χ1) is 9.08. The van der Waals surface area contributed by atoms with Crippen molar-refractivity contribution >= 4 is 17.3 Å². The molecule has 1 aromatic heterocycles. The van der Waals surface area contributed by atoms with E-state index in [2.05, 4.69) is 35.6 Å². The zero-order chi connectivity index (χ0) is 13.8. The van der Waals surface area contributed by atoms with Crippen LogP contribution in [-0.4, -0.2) is 35.1 Å². The molecule has 0 bridgehead atoms. The van der Waals surface area contributed by atoms with Crippen LogP contribution in [-0.2, 0) is 11.2 Å². The molecule has 0 radical (unpaired) electrons. The highest BCUT2D eigenvalue weighted by molar-refractivity contribution is 7.07. The van der Waals surface area contributed by atoms with Crippen LogP contribution in [0.3, 0.4) is 0 Å². The van der Waals surface area contributed by atoms with E-state index in [-0.39, 0.29) is 5.92 Å². The van der Waals surface area contributed by atoms with E-state index in [4.69, 9.17) is 0 Å². The second kappa shape index (κ2) is 6.53. The van der Waals surface area contributed by atoms with Crippen molar-refractivity contribution in [2.45, 2.75) is 39.2 Å². The van der Waals surface area contributed by atoms with Crippen molar-refractivity contribution in [1.82, 2.24) is 4.90 Å². The van der Waals surface area contributed by atoms with Crippen molar-refractivity contribution in [2.75, 3.05) is 13.1 Å². The Kier molecular flexibility index (Phi) is 4.99. The van der Waals surface area contributed by atoms with Crippen molar-refractivity contribution in [3.05, 3.63) is 22.4 Å². The minimum absolute atomic E-state index is 0.183. The summed E-state index contributed by atoms with van der Waals surface area (Å²) >= 11 is 1.73. The number of nitrogens with zero attached hydrogens (tertiary/aromatic N) is 1. The lowest BCUT2D eigenvalue weighted by Crippen LogP contribution is -2.47. The number of thiophene rings is 1. The van der Waals surface area contributed by atoms with E-state index in [1.165, 1.54) is 5.56 Å². The second-order valence-corrected chi connectivity index (χ2v) is 6.60. The summed E-state index contributed by atoms with van der Waals surface area (Å²) < 4.78 is 0. The van der Waals surface area contributed by atoms with Crippen molar-refractivity contribution in [2.24, 2.45) is 11.8 Å². The van der Waals surface area contributed by atoms with E-state index in [0.717, 1.165) is 25.8 Å². The average molecular weight is 281 g/mol. The fraction of sp³-hybridized carbons (Fsp3) is 0.667. The molecule has 0 aromatic carbocycles. The summed E-state index contributed by atoms with van der Waals surface area (Å²) in [6.45, 7) is 6.22. The third kappa shape index (κ3) is 3.80. The molecule has 0 spiro atoms. The Morgan fingerprint density at radius 3 is 2.95 bits per heavy atom. The number of hydrogen-bond donors (Lipinski definition) is 1. The van der Waals surface area contributed by atoms with E-state index in [1.807, 2.05) is 0 Å². The molecule has 1 N–H and O–H groups in total. The highest BCUT2D eigenvalue weighted by atomic mass is 32.1. The molecule has 1 fully saturated rings. The minimum Gasteiger partial charge on any atom is -0.481 e. The van der Waals surface area contributed by atoms with Gasteiger partial charge in [-0.05, 0) is 54.1 Å². The minimum atomic E-state index is -0.636. The Balaban J connectivity index is 2.04. The third-order valence-corrected chi connectivity index (χ3v) is 4.80. The maximum Gasteiger partial charge on any atom is 0.307 e. The van der Waals surface area contributed by atoms with Gasteiger partial charge >= 0.3 is 5.97 Å². The molecular weight excluding hydrogens is 258 g/mol. The van der Waals surface area contributed by atoms with Crippen LogP contribution >= 0.6 is 11.3 Å². The fourth-order valence-corrected chi connectivity index (χ4v) is 3.63. The molecule has 0 saturated carbocycles. The van der Waals surface area contributed by atoms with Crippen molar-refractivity contribution in [1.29, 1.82) is 0 Å². The first kappa shape index (κ1) is 14.5. The smallest absolute Gasteiger partial charge is 0.307 e. The van der Waals surface area contributed by atoms with Crippen LogP contribution < -0.4 is 0 Å². The molecule has 106 valence electrons. The highest BCUT2D eigenvalue weighted by Crippen LogP contribution is 2.24. The monoisotopic (exact) mass is 281 g/mol. The van der Waals surface area contributed by atoms with Crippen molar-refractivity contribution in [3.63, 3.8) is 0 Å². The van der Waals surface area contributed by atoms with Gasteiger partial charge < -0.3 is 5.11 Å². The zero-order valence-electron chi connectivity index (χ0n) is 11.7. The third-order valence-electron chi connectivity index (χ3n) is 4.07.